The molecular formula is C14H17N3O4. The minimum Gasteiger partial charge on any atom is -0.508 e. The number of carbonyl (C=O) groups is 2. The predicted molar refractivity (Wildman–Crippen MR) is 75.3 cm³/mol. The first-order valence-corrected chi connectivity index (χ1v) is 6.92. The largest absolute Gasteiger partial charge is 0.508 e. The fourth-order valence-electron chi connectivity index (χ4n) is 2.94. The van der Waals surface area contributed by atoms with Crippen molar-refractivity contribution in [3.63, 3.8) is 0 Å². The number of rotatable bonds is 1. The average molecular weight is 291 g/mol. The van der Waals surface area contributed by atoms with Gasteiger partial charge in [-0.3, -0.25) is 0 Å². The molecule has 0 bridgehead atoms. The number of piperidine rings is 1. The number of hydrogen-bond acceptors (Lipinski definition) is 3. The van der Waals surface area contributed by atoms with Crippen molar-refractivity contribution in [1.82, 2.24) is 9.80 Å². The number of aromatic hydroxyl groups is 1. The highest BCUT2D eigenvalue weighted by Crippen LogP contribution is 2.30. The standard InChI is InChI=1S/C14H17N3O4/c18-11-1-2-12-9(7-11)8-17(13(19)15-12)10-3-5-16(6-4-10)14(20)21/h1-2,7,10,18H,3-6,8H2,(H,15,19)(H,20,21). The number of fused-ring (bicyclic) bond motifs is 1. The van der Waals surface area contributed by atoms with E-state index in [1.165, 1.54) is 4.90 Å². The Morgan fingerprint density at radius 3 is 2.67 bits per heavy atom. The van der Waals surface area contributed by atoms with E-state index in [4.69, 9.17) is 5.11 Å². The number of amides is 3. The molecule has 3 amide bonds. The van der Waals surface area contributed by atoms with Gasteiger partial charge in [-0.1, -0.05) is 0 Å². The van der Waals surface area contributed by atoms with Gasteiger partial charge in [-0.05, 0) is 36.6 Å². The molecule has 1 saturated heterocycles. The van der Waals surface area contributed by atoms with Gasteiger partial charge in [0.2, 0.25) is 0 Å². The molecule has 0 aliphatic carbocycles. The van der Waals surface area contributed by atoms with Crippen LogP contribution in [-0.4, -0.2) is 51.3 Å². The predicted octanol–water partition coefficient (Wildman–Crippen LogP) is 1.88. The van der Waals surface area contributed by atoms with Gasteiger partial charge in [-0.2, -0.15) is 0 Å². The van der Waals surface area contributed by atoms with Gasteiger partial charge in [0.25, 0.3) is 0 Å². The van der Waals surface area contributed by atoms with E-state index in [1.807, 2.05) is 0 Å². The van der Waals surface area contributed by atoms with Crippen LogP contribution >= 0.6 is 0 Å². The van der Waals surface area contributed by atoms with Gasteiger partial charge in [0.1, 0.15) is 5.75 Å². The number of phenols is 1. The van der Waals surface area contributed by atoms with E-state index in [2.05, 4.69) is 5.32 Å². The summed E-state index contributed by atoms with van der Waals surface area (Å²) in [4.78, 5) is 26.2. The van der Waals surface area contributed by atoms with Crippen LogP contribution in [0.25, 0.3) is 0 Å². The van der Waals surface area contributed by atoms with Gasteiger partial charge in [0, 0.05) is 31.4 Å². The first-order chi connectivity index (χ1) is 10.0. The van der Waals surface area contributed by atoms with Gasteiger partial charge in [0.15, 0.2) is 0 Å². The summed E-state index contributed by atoms with van der Waals surface area (Å²) in [5.41, 5.74) is 1.59. The molecule has 7 heteroatoms. The van der Waals surface area contributed by atoms with Crippen LogP contribution in [0.5, 0.6) is 5.75 Å². The Labute approximate surface area is 121 Å². The topological polar surface area (TPSA) is 93.1 Å². The van der Waals surface area contributed by atoms with E-state index in [0.29, 0.717) is 32.5 Å². The lowest BCUT2D eigenvalue weighted by Crippen LogP contribution is -2.50. The Kier molecular flexibility index (Phi) is 3.32. The highest BCUT2D eigenvalue weighted by atomic mass is 16.4. The van der Waals surface area contributed by atoms with E-state index >= 15 is 0 Å². The van der Waals surface area contributed by atoms with Crippen molar-refractivity contribution in [3.8, 4) is 5.75 Å². The van der Waals surface area contributed by atoms with Crippen LogP contribution in [0.3, 0.4) is 0 Å². The number of likely N-dealkylation sites (tertiary alicyclic amines) is 1. The molecule has 3 rings (SSSR count). The summed E-state index contributed by atoms with van der Waals surface area (Å²) in [7, 11) is 0. The van der Waals surface area contributed by atoms with Gasteiger partial charge in [-0.15, -0.1) is 0 Å². The number of benzene rings is 1. The van der Waals surface area contributed by atoms with Crippen molar-refractivity contribution in [2.45, 2.75) is 25.4 Å². The van der Waals surface area contributed by atoms with Crippen molar-refractivity contribution in [3.05, 3.63) is 23.8 Å². The summed E-state index contributed by atoms with van der Waals surface area (Å²) in [6.07, 6.45) is 0.355. The SMILES string of the molecule is O=C(O)N1CCC(N2Cc3cc(O)ccc3NC2=O)CC1. The summed E-state index contributed by atoms with van der Waals surface area (Å²) in [6, 6.07) is 4.74. The van der Waals surface area contributed by atoms with Crippen LogP contribution < -0.4 is 5.32 Å². The zero-order chi connectivity index (χ0) is 15.0. The van der Waals surface area contributed by atoms with E-state index in [0.717, 1.165) is 11.3 Å². The Balaban J connectivity index is 1.72. The molecule has 1 aromatic rings. The molecule has 0 unspecified atom stereocenters. The normalized spacial score (nSPS) is 19.1. The second-order valence-electron chi connectivity index (χ2n) is 5.40. The quantitative estimate of drug-likeness (QED) is 0.689. The fourth-order valence-corrected chi connectivity index (χ4v) is 2.94. The zero-order valence-electron chi connectivity index (χ0n) is 11.5. The summed E-state index contributed by atoms with van der Waals surface area (Å²) < 4.78 is 0. The Morgan fingerprint density at radius 1 is 1.29 bits per heavy atom. The minimum absolute atomic E-state index is 0.0242. The number of hydrogen-bond donors (Lipinski definition) is 3. The van der Waals surface area contributed by atoms with Crippen LogP contribution in [0.1, 0.15) is 18.4 Å². The molecule has 0 spiro atoms. The highest BCUT2D eigenvalue weighted by molar-refractivity contribution is 5.92. The number of nitrogens with one attached hydrogen (secondary N) is 1. The molecule has 7 nitrogen and oxygen atoms in total. The Morgan fingerprint density at radius 2 is 2.00 bits per heavy atom. The maximum Gasteiger partial charge on any atom is 0.407 e. The van der Waals surface area contributed by atoms with Gasteiger partial charge >= 0.3 is 12.1 Å². The number of nitrogens with zero attached hydrogens (tertiary/aromatic N) is 2. The summed E-state index contributed by atoms with van der Waals surface area (Å²) in [5.74, 6) is 0.172. The molecule has 3 N–H and O–H groups in total. The van der Waals surface area contributed by atoms with Crippen LogP contribution in [0, 0.1) is 0 Å². The molecule has 0 radical (unpaired) electrons. The van der Waals surface area contributed by atoms with E-state index in [-0.39, 0.29) is 17.8 Å². The van der Waals surface area contributed by atoms with Crippen molar-refractivity contribution in [2.75, 3.05) is 18.4 Å². The average Bonchev–Trinajstić information content (AvgIpc) is 2.47. The molecule has 2 heterocycles. The summed E-state index contributed by atoms with van der Waals surface area (Å²) >= 11 is 0. The second kappa shape index (κ2) is 5.16. The maximum atomic E-state index is 12.2. The third-order valence-electron chi connectivity index (χ3n) is 4.11. The van der Waals surface area contributed by atoms with Gasteiger partial charge in [0.05, 0.1) is 0 Å². The molecular weight excluding hydrogens is 274 g/mol. The van der Waals surface area contributed by atoms with Gasteiger partial charge < -0.3 is 25.3 Å². The molecule has 0 aromatic heterocycles. The molecule has 1 aromatic carbocycles. The maximum absolute atomic E-state index is 12.2. The van der Waals surface area contributed by atoms with Crippen LogP contribution in [0.15, 0.2) is 18.2 Å². The molecule has 2 aliphatic heterocycles. The van der Waals surface area contributed by atoms with Crippen molar-refractivity contribution in [2.24, 2.45) is 0 Å². The molecule has 0 atom stereocenters. The van der Waals surface area contributed by atoms with Crippen molar-refractivity contribution >= 4 is 17.8 Å². The monoisotopic (exact) mass is 291 g/mol. The number of phenolic OH excluding ortho intramolecular Hbond substituents is 1. The highest BCUT2D eigenvalue weighted by Gasteiger charge is 2.32. The molecule has 2 aliphatic rings. The summed E-state index contributed by atoms with van der Waals surface area (Å²) in [5, 5.41) is 21.3. The first kappa shape index (κ1) is 13.5. The van der Waals surface area contributed by atoms with Crippen LogP contribution in [0.4, 0.5) is 15.3 Å². The second-order valence-corrected chi connectivity index (χ2v) is 5.40. The van der Waals surface area contributed by atoms with Gasteiger partial charge in [-0.25, -0.2) is 9.59 Å². The van der Waals surface area contributed by atoms with E-state index < -0.39 is 6.09 Å². The fraction of sp³-hybridized carbons (Fsp3) is 0.429. The lowest BCUT2D eigenvalue weighted by molar-refractivity contribution is 0.104. The third kappa shape index (κ3) is 2.58. The number of carboxylic acid groups (broad SMARTS) is 1. The van der Waals surface area contributed by atoms with Crippen LogP contribution in [-0.2, 0) is 6.54 Å². The molecule has 112 valence electrons. The van der Waals surface area contributed by atoms with Crippen molar-refractivity contribution in [1.29, 1.82) is 0 Å². The number of urea groups is 1. The minimum atomic E-state index is -0.910. The van der Waals surface area contributed by atoms with Crippen molar-refractivity contribution < 1.29 is 19.8 Å². The molecule has 1 fully saturated rings. The number of carbonyl (C=O) groups excluding carboxylic acids is 1. The summed E-state index contributed by atoms with van der Waals surface area (Å²) in [6.45, 7) is 1.32. The lowest BCUT2D eigenvalue weighted by atomic mass is 10.0. The number of anilines is 1. The van der Waals surface area contributed by atoms with Crippen LogP contribution in [0.2, 0.25) is 0 Å². The lowest BCUT2D eigenvalue weighted by Gasteiger charge is -2.39. The smallest absolute Gasteiger partial charge is 0.407 e. The zero-order valence-corrected chi connectivity index (χ0v) is 11.5. The molecule has 0 saturated carbocycles. The first-order valence-electron chi connectivity index (χ1n) is 6.92. The Hall–Kier alpha value is -2.44. The Bertz CT molecular complexity index is 582. The van der Waals surface area contributed by atoms with E-state index in [1.54, 1.807) is 23.1 Å². The van der Waals surface area contributed by atoms with E-state index in [9.17, 15) is 14.7 Å². The third-order valence-corrected chi connectivity index (χ3v) is 4.11. The molecule has 21 heavy (non-hydrogen) atoms.